The monoisotopic (exact) mass is 476 g/mol. The quantitative estimate of drug-likeness (QED) is 0.399. The topological polar surface area (TPSA) is 78.3 Å². The molecule has 1 N–H and O–H groups in total. The van der Waals surface area contributed by atoms with Crippen molar-refractivity contribution in [2.75, 3.05) is 25.1 Å². The number of aromatic nitrogens is 3. The van der Waals surface area contributed by atoms with Crippen molar-refractivity contribution in [2.24, 2.45) is 5.92 Å². The maximum Gasteiger partial charge on any atom is 0.416 e. The third-order valence-electron chi connectivity index (χ3n) is 4.71. The summed E-state index contributed by atoms with van der Waals surface area (Å²) in [6.45, 7) is 6.91. The molecule has 0 saturated heterocycles. The van der Waals surface area contributed by atoms with Crippen LogP contribution in [0.25, 0.3) is 17.1 Å². The van der Waals surface area contributed by atoms with E-state index in [-0.39, 0.29) is 24.4 Å². The zero-order chi connectivity index (χ0) is 24.7. The number of hydrogen-bond acceptors (Lipinski definition) is 5. The maximum absolute atomic E-state index is 13.0. The summed E-state index contributed by atoms with van der Waals surface area (Å²) in [6, 6.07) is 11.7. The number of carbonyl (C=O) groups excluding carboxylic acids is 1. The molecule has 0 aliphatic rings. The van der Waals surface area contributed by atoms with Gasteiger partial charge in [0.05, 0.1) is 17.9 Å². The summed E-state index contributed by atoms with van der Waals surface area (Å²) in [5.41, 5.74) is 0.911. The lowest BCUT2D eigenvalue weighted by molar-refractivity contribution is -0.137. The summed E-state index contributed by atoms with van der Waals surface area (Å²) in [4.78, 5) is 16.4. The van der Waals surface area contributed by atoms with Gasteiger partial charge in [-0.05, 0) is 49.2 Å². The minimum absolute atomic E-state index is 0.0731. The van der Waals surface area contributed by atoms with Gasteiger partial charge in [0.2, 0.25) is 5.91 Å². The molecule has 0 atom stereocenters. The van der Waals surface area contributed by atoms with E-state index in [4.69, 9.17) is 9.47 Å². The molecule has 0 saturated carbocycles. The fraction of sp³-hybridized carbons (Fsp3) is 0.375. The van der Waals surface area contributed by atoms with Crippen LogP contribution in [0.5, 0.6) is 6.01 Å². The number of benzene rings is 2. The predicted octanol–water partition coefficient (Wildman–Crippen LogP) is 5.35. The normalized spacial score (nSPS) is 11.6. The van der Waals surface area contributed by atoms with Crippen molar-refractivity contribution in [1.29, 1.82) is 0 Å². The summed E-state index contributed by atoms with van der Waals surface area (Å²) < 4.78 is 51.2. The summed E-state index contributed by atoms with van der Waals surface area (Å²) >= 11 is 0. The van der Waals surface area contributed by atoms with Gasteiger partial charge in [0.1, 0.15) is 6.61 Å². The number of hydrogen-bond donors (Lipinski definition) is 1. The molecule has 0 spiro atoms. The summed E-state index contributed by atoms with van der Waals surface area (Å²) in [5.74, 6) is 0.470. The van der Waals surface area contributed by atoms with Crippen LogP contribution in [0, 0.1) is 5.92 Å². The number of rotatable bonds is 10. The molecule has 1 heterocycles. The van der Waals surface area contributed by atoms with Gasteiger partial charge < -0.3 is 14.8 Å². The van der Waals surface area contributed by atoms with Crippen LogP contribution < -0.4 is 10.1 Å². The second-order valence-electron chi connectivity index (χ2n) is 7.94. The van der Waals surface area contributed by atoms with Crippen LogP contribution in [-0.4, -0.2) is 40.5 Å². The third kappa shape index (κ3) is 6.80. The van der Waals surface area contributed by atoms with E-state index in [1.54, 1.807) is 24.3 Å². The maximum atomic E-state index is 13.0. The summed E-state index contributed by atoms with van der Waals surface area (Å²) in [5, 5.41) is 7.21. The van der Waals surface area contributed by atoms with Crippen LogP contribution in [0.3, 0.4) is 0 Å². The number of halogens is 3. The van der Waals surface area contributed by atoms with Gasteiger partial charge in [-0.25, -0.2) is 4.68 Å². The molecular weight excluding hydrogens is 449 g/mol. The highest BCUT2D eigenvalue weighted by atomic mass is 19.4. The Morgan fingerprint density at radius 1 is 1.06 bits per heavy atom. The minimum atomic E-state index is -4.43. The Kier molecular flexibility index (Phi) is 8.27. The van der Waals surface area contributed by atoms with E-state index in [1.807, 2.05) is 20.8 Å². The van der Waals surface area contributed by atoms with Crippen molar-refractivity contribution < 1.29 is 27.4 Å². The highest BCUT2D eigenvalue weighted by Crippen LogP contribution is 2.31. The number of nitrogens with zero attached hydrogens (tertiary/aromatic N) is 3. The largest absolute Gasteiger partial charge is 0.460 e. The number of amides is 1. The molecule has 3 aromatic rings. The third-order valence-corrected chi connectivity index (χ3v) is 4.71. The summed E-state index contributed by atoms with van der Waals surface area (Å²) in [6.07, 6.45) is -4.03. The van der Waals surface area contributed by atoms with E-state index in [0.717, 1.165) is 12.1 Å². The Hall–Kier alpha value is -3.40. The van der Waals surface area contributed by atoms with Crippen molar-refractivity contribution >= 4 is 11.6 Å². The minimum Gasteiger partial charge on any atom is -0.460 e. The molecule has 0 unspecified atom stereocenters. The molecule has 0 bridgehead atoms. The van der Waals surface area contributed by atoms with Gasteiger partial charge in [-0.3, -0.25) is 4.79 Å². The molecule has 3 rings (SSSR count). The van der Waals surface area contributed by atoms with Crippen molar-refractivity contribution in [2.45, 2.75) is 33.4 Å². The van der Waals surface area contributed by atoms with E-state index in [0.29, 0.717) is 42.4 Å². The first-order valence-electron chi connectivity index (χ1n) is 10.9. The first-order valence-corrected chi connectivity index (χ1v) is 10.9. The number of carbonyl (C=O) groups is 1. The highest BCUT2D eigenvalue weighted by Gasteiger charge is 2.30. The SMILES string of the molecule is CCOCCOc1nc(-c2ccc(C(F)(F)F)cc2)n(-c2ccc(NC(=O)CC(C)C)cc2)n1. The van der Waals surface area contributed by atoms with Crippen molar-refractivity contribution in [1.82, 2.24) is 14.8 Å². The Bertz CT molecular complexity index is 1080. The fourth-order valence-electron chi connectivity index (χ4n) is 3.13. The van der Waals surface area contributed by atoms with Gasteiger partial charge in [-0.1, -0.05) is 26.0 Å². The zero-order valence-corrected chi connectivity index (χ0v) is 19.2. The van der Waals surface area contributed by atoms with Gasteiger partial charge in [0.15, 0.2) is 5.82 Å². The smallest absolute Gasteiger partial charge is 0.416 e. The molecule has 34 heavy (non-hydrogen) atoms. The number of nitrogens with one attached hydrogen (secondary N) is 1. The van der Waals surface area contributed by atoms with E-state index < -0.39 is 11.7 Å². The van der Waals surface area contributed by atoms with Crippen LogP contribution >= 0.6 is 0 Å². The van der Waals surface area contributed by atoms with Gasteiger partial charge in [0.25, 0.3) is 0 Å². The predicted molar refractivity (Wildman–Crippen MR) is 122 cm³/mol. The molecule has 0 fully saturated rings. The molecule has 0 aliphatic heterocycles. The van der Waals surface area contributed by atoms with E-state index in [9.17, 15) is 18.0 Å². The van der Waals surface area contributed by atoms with Crippen LogP contribution in [-0.2, 0) is 15.7 Å². The van der Waals surface area contributed by atoms with Crippen LogP contribution in [0.2, 0.25) is 0 Å². The van der Waals surface area contributed by atoms with Gasteiger partial charge >= 0.3 is 12.2 Å². The average Bonchev–Trinajstić information content (AvgIpc) is 3.20. The molecule has 1 aromatic heterocycles. The molecule has 2 aromatic carbocycles. The van der Waals surface area contributed by atoms with E-state index in [2.05, 4.69) is 15.4 Å². The van der Waals surface area contributed by atoms with Crippen molar-refractivity contribution in [3.05, 3.63) is 54.1 Å². The van der Waals surface area contributed by atoms with Gasteiger partial charge in [0, 0.05) is 24.3 Å². The second kappa shape index (κ2) is 11.1. The lowest BCUT2D eigenvalue weighted by Gasteiger charge is -2.10. The van der Waals surface area contributed by atoms with E-state index in [1.165, 1.54) is 16.8 Å². The lowest BCUT2D eigenvalue weighted by Crippen LogP contribution is -2.13. The Morgan fingerprint density at radius 3 is 2.32 bits per heavy atom. The van der Waals surface area contributed by atoms with Gasteiger partial charge in [-0.2, -0.15) is 18.2 Å². The molecule has 1 amide bonds. The molecule has 182 valence electrons. The zero-order valence-electron chi connectivity index (χ0n) is 19.2. The van der Waals surface area contributed by atoms with Crippen LogP contribution in [0.1, 0.15) is 32.8 Å². The molecule has 0 aliphatic carbocycles. The standard InChI is InChI=1S/C24H27F3N4O3/c1-4-33-13-14-34-23-29-22(17-5-7-18(8-6-17)24(25,26)27)31(30-23)20-11-9-19(10-12-20)28-21(32)15-16(2)3/h5-12,16H,4,13-15H2,1-3H3,(H,28,32). The second-order valence-corrected chi connectivity index (χ2v) is 7.94. The summed E-state index contributed by atoms with van der Waals surface area (Å²) in [7, 11) is 0. The molecule has 7 nitrogen and oxygen atoms in total. The van der Waals surface area contributed by atoms with Crippen LogP contribution in [0.4, 0.5) is 18.9 Å². The fourth-order valence-corrected chi connectivity index (χ4v) is 3.13. The number of anilines is 1. The first-order chi connectivity index (χ1) is 16.2. The molecule has 0 radical (unpaired) electrons. The van der Waals surface area contributed by atoms with Gasteiger partial charge in [-0.15, -0.1) is 5.10 Å². The lowest BCUT2D eigenvalue weighted by atomic mass is 10.1. The average molecular weight is 476 g/mol. The van der Waals surface area contributed by atoms with Crippen LogP contribution in [0.15, 0.2) is 48.5 Å². The molecule has 10 heteroatoms. The van der Waals surface area contributed by atoms with Crippen molar-refractivity contribution in [3.8, 4) is 23.1 Å². The van der Waals surface area contributed by atoms with E-state index >= 15 is 0 Å². The molecular formula is C24H27F3N4O3. The Morgan fingerprint density at radius 2 is 1.74 bits per heavy atom. The first kappa shape index (κ1) is 25.2. The highest BCUT2D eigenvalue weighted by molar-refractivity contribution is 5.90. The number of ether oxygens (including phenoxy) is 2. The number of alkyl halides is 3. The Labute approximate surface area is 195 Å². The van der Waals surface area contributed by atoms with Crippen molar-refractivity contribution in [3.63, 3.8) is 0 Å². The Balaban J connectivity index is 1.88.